The summed E-state index contributed by atoms with van der Waals surface area (Å²) < 4.78 is 12.3. The van der Waals surface area contributed by atoms with Crippen LogP contribution in [0, 0.1) is 0 Å². The smallest absolute Gasteiger partial charge is 0.303 e. The SMILES string of the molecule is CCC(Cl)(Cl)OP(=O)(O)O. The topological polar surface area (TPSA) is 66.8 Å². The Bertz CT molecular complexity index is 153. The van der Waals surface area contributed by atoms with E-state index in [0.29, 0.717) is 0 Å². The van der Waals surface area contributed by atoms with Gasteiger partial charge in [0.2, 0.25) is 4.52 Å². The predicted molar refractivity (Wildman–Crippen MR) is 37.9 cm³/mol. The van der Waals surface area contributed by atoms with Gasteiger partial charge < -0.3 is 9.79 Å². The van der Waals surface area contributed by atoms with Gasteiger partial charge in [-0.2, -0.15) is 0 Å². The Labute approximate surface area is 68.3 Å². The molecule has 0 saturated carbocycles. The summed E-state index contributed by atoms with van der Waals surface area (Å²) >= 11 is 10.5. The molecule has 0 atom stereocenters. The molecular formula is C3H7Cl2O4P. The van der Waals surface area contributed by atoms with Crippen molar-refractivity contribution in [1.82, 2.24) is 0 Å². The van der Waals surface area contributed by atoms with Crippen molar-refractivity contribution in [3.05, 3.63) is 0 Å². The Kier molecular flexibility index (Phi) is 3.62. The van der Waals surface area contributed by atoms with Crippen LogP contribution < -0.4 is 0 Å². The second kappa shape index (κ2) is 3.39. The maximum Gasteiger partial charge on any atom is 0.472 e. The van der Waals surface area contributed by atoms with Gasteiger partial charge in [-0.25, -0.2) is 9.09 Å². The summed E-state index contributed by atoms with van der Waals surface area (Å²) in [6.45, 7) is 1.54. The van der Waals surface area contributed by atoms with Crippen molar-refractivity contribution in [2.45, 2.75) is 17.9 Å². The van der Waals surface area contributed by atoms with Crippen LogP contribution in [-0.2, 0) is 9.09 Å². The van der Waals surface area contributed by atoms with Crippen molar-refractivity contribution in [1.29, 1.82) is 0 Å². The largest absolute Gasteiger partial charge is 0.472 e. The van der Waals surface area contributed by atoms with Crippen molar-refractivity contribution < 1.29 is 18.9 Å². The number of alkyl halides is 2. The van der Waals surface area contributed by atoms with E-state index in [1.54, 1.807) is 0 Å². The van der Waals surface area contributed by atoms with Gasteiger partial charge in [0.15, 0.2) is 0 Å². The number of phosphoric acid groups is 1. The van der Waals surface area contributed by atoms with Crippen LogP contribution in [0.3, 0.4) is 0 Å². The molecule has 0 heterocycles. The van der Waals surface area contributed by atoms with Gasteiger partial charge >= 0.3 is 7.82 Å². The monoisotopic (exact) mass is 208 g/mol. The number of hydrogen-bond acceptors (Lipinski definition) is 2. The predicted octanol–water partition coefficient (Wildman–Crippen LogP) is 1.64. The number of halogens is 2. The van der Waals surface area contributed by atoms with E-state index in [0.717, 1.165) is 0 Å². The van der Waals surface area contributed by atoms with Gasteiger partial charge in [-0.1, -0.05) is 30.1 Å². The molecule has 0 radical (unpaired) electrons. The Morgan fingerprint density at radius 3 is 2.10 bits per heavy atom. The molecule has 0 unspecified atom stereocenters. The second-order valence-electron chi connectivity index (χ2n) is 1.57. The second-order valence-corrected chi connectivity index (χ2v) is 4.15. The van der Waals surface area contributed by atoms with Crippen LogP contribution in [0.15, 0.2) is 0 Å². The third-order valence-corrected chi connectivity index (χ3v) is 2.12. The van der Waals surface area contributed by atoms with Gasteiger partial charge in [0.25, 0.3) is 0 Å². The summed E-state index contributed by atoms with van der Waals surface area (Å²) in [6.07, 6.45) is 0.0984. The van der Waals surface area contributed by atoms with Crippen LogP contribution in [0.25, 0.3) is 0 Å². The molecule has 4 nitrogen and oxygen atoms in total. The van der Waals surface area contributed by atoms with Gasteiger partial charge in [-0.15, -0.1) is 0 Å². The summed E-state index contributed by atoms with van der Waals surface area (Å²) in [4.78, 5) is 16.4. The van der Waals surface area contributed by atoms with Crippen molar-refractivity contribution >= 4 is 31.0 Å². The van der Waals surface area contributed by atoms with Gasteiger partial charge in [0.05, 0.1) is 0 Å². The molecule has 10 heavy (non-hydrogen) atoms. The van der Waals surface area contributed by atoms with E-state index in [4.69, 9.17) is 33.0 Å². The first-order valence-electron chi connectivity index (χ1n) is 2.41. The molecule has 2 N–H and O–H groups in total. The van der Waals surface area contributed by atoms with E-state index in [9.17, 15) is 4.57 Å². The minimum absolute atomic E-state index is 0.0984. The Morgan fingerprint density at radius 1 is 1.60 bits per heavy atom. The molecule has 0 aromatic heterocycles. The molecule has 0 aliphatic carbocycles. The fraction of sp³-hybridized carbons (Fsp3) is 1.00. The summed E-state index contributed by atoms with van der Waals surface area (Å²) in [5.74, 6) is 0. The average Bonchev–Trinajstić information content (AvgIpc) is 1.60. The third-order valence-electron chi connectivity index (χ3n) is 0.664. The van der Waals surface area contributed by atoms with Gasteiger partial charge in [-0.05, 0) is 0 Å². The first kappa shape index (κ1) is 10.7. The molecule has 7 heteroatoms. The van der Waals surface area contributed by atoms with E-state index in [2.05, 4.69) is 4.52 Å². The molecule has 0 amide bonds. The lowest BCUT2D eigenvalue weighted by Gasteiger charge is -2.17. The fourth-order valence-corrected chi connectivity index (χ4v) is 1.25. The lowest BCUT2D eigenvalue weighted by molar-refractivity contribution is 0.153. The van der Waals surface area contributed by atoms with Gasteiger partial charge in [0, 0.05) is 6.42 Å². The first-order chi connectivity index (χ1) is 4.27. The Hall–Kier alpha value is 0.690. The molecule has 0 rings (SSSR count). The Morgan fingerprint density at radius 2 is 2.00 bits per heavy atom. The maximum absolute atomic E-state index is 10.1. The summed E-state index contributed by atoms with van der Waals surface area (Å²) in [5.41, 5.74) is 0. The van der Waals surface area contributed by atoms with Gasteiger partial charge in [-0.3, -0.25) is 0 Å². The highest BCUT2D eigenvalue weighted by molar-refractivity contribution is 7.46. The molecule has 0 fully saturated rings. The third kappa shape index (κ3) is 5.47. The molecule has 0 aliphatic heterocycles. The van der Waals surface area contributed by atoms with Crippen LogP contribution in [0.1, 0.15) is 13.3 Å². The maximum atomic E-state index is 10.1. The molecule has 62 valence electrons. The lowest BCUT2D eigenvalue weighted by Crippen LogP contribution is -2.14. The van der Waals surface area contributed by atoms with Gasteiger partial charge in [0.1, 0.15) is 0 Å². The minimum atomic E-state index is -4.57. The molecule has 0 saturated heterocycles. The molecule has 0 spiro atoms. The van der Waals surface area contributed by atoms with E-state index < -0.39 is 12.3 Å². The van der Waals surface area contributed by atoms with Crippen LogP contribution in [0.2, 0.25) is 0 Å². The summed E-state index contributed by atoms with van der Waals surface area (Å²) in [6, 6.07) is 0. The highest BCUT2D eigenvalue weighted by Crippen LogP contribution is 2.46. The number of hydrogen-bond donors (Lipinski definition) is 2. The van der Waals surface area contributed by atoms with Crippen LogP contribution in [0.4, 0.5) is 0 Å². The Balaban J connectivity index is 4.02. The van der Waals surface area contributed by atoms with E-state index >= 15 is 0 Å². The zero-order valence-corrected chi connectivity index (χ0v) is 7.53. The molecule has 0 aromatic carbocycles. The minimum Gasteiger partial charge on any atom is -0.303 e. The zero-order chi connectivity index (χ0) is 8.41. The van der Waals surface area contributed by atoms with Crippen LogP contribution in [0.5, 0.6) is 0 Å². The number of phosphoric ester groups is 1. The molecule has 0 bridgehead atoms. The van der Waals surface area contributed by atoms with Crippen LogP contribution >= 0.6 is 31.0 Å². The summed E-state index contributed by atoms with van der Waals surface area (Å²) in [5, 5.41) is 0. The van der Waals surface area contributed by atoms with Crippen molar-refractivity contribution in [2.24, 2.45) is 0 Å². The van der Waals surface area contributed by atoms with E-state index in [1.165, 1.54) is 6.92 Å². The average molecular weight is 209 g/mol. The van der Waals surface area contributed by atoms with Crippen molar-refractivity contribution in [3.8, 4) is 0 Å². The highest BCUT2D eigenvalue weighted by atomic mass is 35.5. The van der Waals surface area contributed by atoms with Crippen molar-refractivity contribution in [3.63, 3.8) is 0 Å². The normalized spacial score (nSPS) is 13.7. The highest BCUT2D eigenvalue weighted by Gasteiger charge is 2.31. The quantitative estimate of drug-likeness (QED) is 0.547. The molecule has 0 aliphatic rings. The molecule has 0 aromatic rings. The van der Waals surface area contributed by atoms with E-state index in [-0.39, 0.29) is 6.42 Å². The van der Waals surface area contributed by atoms with E-state index in [1.807, 2.05) is 0 Å². The van der Waals surface area contributed by atoms with Crippen LogP contribution in [-0.4, -0.2) is 14.3 Å². The standard InChI is InChI=1S/C3H7Cl2O4P/c1-2-3(4,5)9-10(6,7)8/h2H2,1H3,(H2,6,7,8). The molecular weight excluding hydrogens is 202 g/mol. The fourth-order valence-electron chi connectivity index (χ4n) is 0.239. The first-order valence-corrected chi connectivity index (χ1v) is 4.69. The summed E-state index contributed by atoms with van der Waals surface area (Å²) in [7, 11) is -4.57. The number of rotatable bonds is 3. The lowest BCUT2D eigenvalue weighted by atomic mass is 10.5. The zero-order valence-electron chi connectivity index (χ0n) is 5.12. The van der Waals surface area contributed by atoms with Crippen molar-refractivity contribution in [2.75, 3.05) is 0 Å².